The Labute approximate surface area is 194 Å². The molecule has 3 rings (SSSR count). The van der Waals surface area contributed by atoms with Gasteiger partial charge >= 0.3 is 12.1 Å². The van der Waals surface area contributed by atoms with Crippen LogP contribution in [0.1, 0.15) is 28.5 Å². The number of esters is 1. The second-order valence-electron chi connectivity index (χ2n) is 6.90. The molecule has 34 heavy (non-hydrogen) atoms. The first kappa shape index (κ1) is 24.6. The zero-order chi connectivity index (χ0) is 24.9. The standard InChI is InChI=1S/C21H17F3N4O5S/c1-12(18(29)26-16-8-7-14(28(31)32)9-15(16)21(22,23)24)33-19(30)17-11-34-20(27-17)25-10-13-5-3-2-4-6-13/h2-9,11-12H,10H2,1H3,(H,25,27)(H,26,29). The molecule has 0 radical (unpaired) electrons. The van der Waals surface area contributed by atoms with Gasteiger partial charge in [0.2, 0.25) is 0 Å². The van der Waals surface area contributed by atoms with Gasteiger partial charge in [-0.3, -0.25) is 14.9 Å². The number of nitro groups is 1. The van der Waals surface area contributed by atoms with Crippen LogP contribution in [-0.2, 0) is 22.3 Å². The van der Waals surface area contributed by atoms with Crippen molar-refractivity contribution in [1.82, 2.24) is 4.98 Å². The van der Waals surface area contributed by atoms with Crippen molar-refractivity contribution in [2.24, 2.45) is 0 Å². The predicted molar refractivity (Wildman–Crippen MR) is 117 cm³/mol. The molecule has 1 aromatic heterocycles. The molecule has 2 aromatic carbocycles. The van der Waals surface area contributed by atoms with Crippen molar-refractivity contribution >= 4 is 39.7 Å². The minimum absolute atomic E-state index is 0.0773. The van der Waals surface area contributed by atoms with E-state index in [1.54, 1.807) is 0 Å². The number of amides is 1. The number of nitrogens with one attached hydrogen (secondary N) is 2. The molecule has 1 amide bonds. The number of alkyl halides is 3. The lowest BCUT2D eigenvalue weighted by atomic mass is 10.1. The van der Waals surface area contributed by atoms with Gasteiger partial charge in [0.25, 0.3) is 11.6 Å². The summed E-state index contributed by atoms with van der Waals surface area (Å²) in [5.74, 6) is -1.99. The van der Waals surface area contributed by atoms with E-state index in [1.807, 2.05) is 35.6 Å². The van der Waals surface area contributed by atoms with Gasteiger partial charge in [0, 0.05) is 24.1 Å². The second kappa shape index (κ2) is 10.3. The fourth-order valence-corrected chi connectivity index (χ4v) is 3.40. The minimum Gasteiger partial charge on any atom is -0.448 e. The highest BCUT2D eigenvalue weighted by molar-refractivity contribution is 7.13. The monoisotopic (exact) mass is 494 g/mol. The Kier molecular flexibility index (Phi) is 7.46. The Bertz CT molecular complexity index is 1200. The fourth-order valence-electron chi connectivity index (χ4n) is 2.72. The molecule has 178 valence electrons. The van der Waals surface area contributed by atoms with Gasteiger partial charge in [-0.15, -0.1) is 11.3 Å². The van der Waals surface area contributed by atoms with E-state index in [0.717, 1.165) is 29.0 Å². The van der Waals surface area contributed by atoms with Crippen LogP contribution in [0, 0.1) is 10.1 Å². The molecular weight excluding hydrogens is 477 g/mol. The van der Waals surface area contributed by atoms with E-state index in [2.05, 4.69) is 10.3 Å². The van der Waals surface area contributed by atoms with E-state index in [0.29, 0.717) is 17.7 Å². The summed E-state index contributed by atoms with van der Waals surface area (Å²) in [6.07, 6.45) is -6.43. The van der Waals surface area contributed by atoms with Crippen LogP contribution in [0.3, 0.4) is 0 Å². The van der Waals surface area contributed by atoms with Crippen molar-refractivity contribution in [3.05, 3.63) is 80.8 Å². The quantitative estimate of drug-likeness (QED) is 0.260. The van der Waals surface area contributed by atoms with Gasteiger partial charge in [0.05, 0.1) is 16.2 Å². The zero-order valence-corrected chi connectivity index (χ0v) is 18.3. The number of thiazole rings is 1. The van der Waals surface area contributed by atoms with Gasteiger partial charge in [-0.25, -0.2) is 9.78 Å². The lowest BCUT2D eigenvalue weighted by Gasteiger charge is -2.16. The molecule has 0 aliphatic carbocycles. The number of non-ortho nitro benzene ring substituents is 1. The molecule has 0 bridgehead atoms. The van der Waals surface area contributed by atoms with Crippen molar-refractivity contribution in [1.29, 1.82) is 0 Å². The number of hydrogen-bond donors (Lipinski definition) is 2. The molecule has 13 heteroatoms. The first-order valence-electron chi connectivity index (χ1n) is 9.65. The van der Waals surface area contributed by atoms with E-state index in [4.69, 9.17) is 4.74 Å². The van der Waals surface area contributed by atoms with Gasteiger partial charge in [-0.2, -0.15) is 13.2 Å². The molecule has 9 nitrogen and oxygen atoms in total. The van der Waals surface area contributed by atoms with Crippen LogP contribution in [0.15, 0.2) is 53.9 Å². The topological polar surface area (TPSA) is 123 Å². The zero-order valence-electron chi connectivity index (χ0n) is 17.5. The van der Waals surface area contributed by atoms with E-state index in [9.17, 15) is 32.9 Å². The van der Waals surface area contributed by atoms with Crippen molar-refractivity contribution in [3.63, 3.8) is 0 Å². The molecule has 0 saturated carbocycles. The van der Waals surface area contributed by atoms with Crippen molar-refractivity contribution in [3.8, 4) is 0 Å². The van der Waals surface area contributed by atoms with Gasteiger partial charge in [-0.1, -0.05) is 30.3 Å². The van der Waals surface area contributed by atoms with Gasteiger partial charge < -0.3 is 15.4 Å². The summed E-state index contributed by atoms with van der Waals surface area (Å²) < 4.78 is 44.8. The third-order valence-electron chi connectivity index (χ3n) is 4.43. The van der Waals surface area contributed by atoms with Crippen molar-refractivity contribution < 1.29 is 32.4 Å². The summed E-state index contributed by atoms with van der Waals surface area (Å²) in [4.78, 5) is 38.5. The third-order valence-corrected chi connectivity index (χ3v) is 5.23. The summed E-state index contributed by atoms with van der Waals surface area (Å²) in [5.41, 5.74) is -1.97. The Morgan fingerprint density at radius 2 is 1.91 bits per heavy atom. The lowest BCUT2D eigenvalue weighted by molar-refractivity contribution is -0.385. The van der Waals surface area contributed by atoms with Crippen molar-refractivity contribution in [2.45, 2.75) is 25.7 Å². The molecule has 0 fully saturated rings. The van der Waals surface area contributed by atoms with Crippen LogP contribution in [0.5, 0.6) is 0 Å². The SMILES string of the molecule is CC(OC(=O)c1csc(NCc2ccccc2)n1)C(=O)Nc1ccc([N+](=O)[O-])cc1C(F)(F)F. The highest BCUT2D eigenvalue weighted by Crippen LogP contribution is 2.37. The minimum atomic E-state index is -4.96. The Balaban J connectivity index is 1.62. The average molecular weight is 494 g/mol. The highest BCUT2D eigenvalue weighted by atomic mass is 32.1. The maximum Gasteiger partial charge on any atom is 0.418 e. The summed E-state index contributed by atoms with van der Waals surface area (Å²) in [5, 5.41) is 17.7. The molecule has 0 aliphatic heterocycles. The summed E-state index contributed by atoms with van der Waals surface area (Å²) in [6.45, 7) is 1.64. The van der Waals surface area contributed by atoms with Crippen LogP contribution in [0.25, 0.3) is 0 Å². The van der Waals surface area contributed by atoms with Crippen LogP contribution in [-0.4, -0.2) is 27.9 Å². The maximum atomic E-state index is 13.3. The molecule has 1 unspecified atom stereocenters. The lowest BCUT2D eigenvalue weighted by Crippen LogP contribution is -2.31. The predicted octanol–water partition coefficient (Wildman–Crippen LogP) is 4.87. The van der Waals surface area contributed by atoms with Gasteiger partial charge in [0.15, 0.2) is 16.9 Å². The van der Waals surface area contributed by atoms with E-state index in [-0.39, 0.29) is 5.69 Å². The number of carbonyl (C=O) groups excluding carboxylic acids is 2. The molecule has 2 N–H and O–H groups in total. The highest BCUT2D eigenvalue weighted by Gasteiger charge is 2.36. The number of carbonyl (C=O) groups is 2. The van der Waals surface area contributed by atoms with Gasteiger partial charge in [0.1, 0.15) is 0 Å². The normalized spacial score (nSPS) is 12.0. The molecule has 1 atom stereocenters. The fraction of sp³-hybridized carbons (Fsp3) is 0.190. The van der Waals surface area contributed by atoms with Gasteiger partial charge in [-0.05, 0) is 18.6 Å². The largest absolute Gasteiger partial charge is 0.448 e. The van der Waals surface area contributed by atoms with Crippen LogP contribution < -0.4 is 10.6 Å². The third kappa shape index (κ3) is 6.28. The number of halogens is 3. The van der Waals surface area contributed by atoms with Crippen LogP contribution >= 0.6 is 11.3 Å². The Hall–Kier alpha value is -4.00. The van der Waals surface area contributed by atoms with Crippen LogP contribution in [0.2, 0.25) is 0 Å². The smallest absolute Gasteiger partial charge is 0.418 e. The first-order valence-corrected chi connectivity index (χ1v) is 10.5. The van der Waals surface area contributed by atoms with Crippen molar-refractivity contribution in [2.75, 3.05) is 10.6 Å². The average Bonchev–Trinajstić information content (AvgIpc) is 3.27. The summed E-state index contributed by atoms with van der Waals surface area (Å²) >= 11 is 1.14. The number of ether oxygens (including phenoxy) is 1. The number of anilines is 2. The molecule has 0 saturated heterocycles. The second-order valence-corrected chi connectivity index (χ2v) is 7.76. The van der Waals surface area contributed by atoms with E-state index in [1.165, 1.54) is 12.3 Å². The number of hydrogen-bond acceptors (Lipinski definition) is 8. The number of nitro benzene ring substituents is 1. The number of aromatic nitrogens is 1. The van der Waals surface area contributed by atoms with E-state index < -0.39 is 46.0 Å². The molecule has 0 spiro atoms. The Morgan fingerprint density at radius 3 is 2.56 bits per heavy atom. The molecule has 1 heterocycles. The number of benzene rings is 2. The molecular formula is C21H17F3N4O5S. The summed E-state index contributed by atoms with van der Waals surface area (Å²) in [7, 11) is 0. The number of rotatable bonds is 8. The van der Waals surface area contributed by atoms with Crippen LogP contribution in [0.4, 0.5) is 29.7 Å². The Morgan fingerprint density at radius 1 is 1.21 bits per heavy atom. The van der Waals surface area contributed by atoms with E-state index >= 15 is 0 Å². The molecule has 0 aliphatic rings. The number of nitrogens with zero attached hydrogens (tertiary/aromatic N) is 2. The molecule has 3 aromatic rings. The maximum absolute atomic E-state index is 13.3. The summed E-state index contributed by atoms with van der Waals surface area (Å²) in [6, 6.07) is 11.3. The first-order chi connectivity index (χ1) is 16.0.